The summed E-state index contributed by atoms with van der Waals surface area (Å²) in [6.45, 7) is 10.3. The number of imide groups is 1. The molecule has 33 nitrogen and oxygen atoms in total. The Morgan fingerprint density at radius 1 is 0.706 bits per heavy atom. The predicted molar refractivity (Wildman–Crippen MR) is 456 cm³/mol. The summed E-state index contributed by atoms with van der Waals surface area (Å²) in [6, 6.07) is 9.05. The van der Waals surface area contributed by atoms with Crippen LogP contribution in [0.4, 0.5) is 16.3 Å². The number of benzene rings is 5. The Bertz CT molecular complexity index is 5090. The number of phenolic OH excluding ortho intramolecular Hbond substituents is 3. The number of rotatable bonds is 21. The average molecular weight is 1780 g/mol. The number of unbranched alkanes of at least 4 members (excludes halogenated alkanes) is 2. The molecular weight excluding hydrogens is 1670 g/mol. The lowest BCUT2D eigenvalue weighted by molar-refractivity contribution is -0.333. The summed E-state index contributed by atoms with van der Waals surface area (Å²) in [4.78, 5) is 144. The van der Waals surface area contributed by atoms with Crippen LogP contribution in [0.1, 0.15) is 196 Å². The van der Waals surface area contributed by atoms with Crippen LogP contribution in [-0.4, -0.2) is 184 Å². The fraction of sp³-hybridized carbons (Fsp3) is 0.516. The van der Waals surface area contributed by atoms with Crippen LogP contribution in [0.15, 0.2) is 97.2 Å². The van der Waals surface area contributed by atoms with Crippen molar-refractivity contribution >= 4 is 87.6 Å². The van der Waals surface area contributed by atoms with Crippen LogP contribution >= 0.6 is 23.2 Å². The van der Waals surface area contributed by atoms with Crippen LogP contribution in [0.3, 0.4) is 0 Å². The van der Waals surface area contributed by atoms with Gasteiger partial charge in [0.05, 0.1) is 52.6 Å². The van der Waals surface area contributed by atoms with Gasteiger partial charge in [0.1, 0.15) is 89.3 Å². The lowest BCUT2D eigenvalue weighted by Crippen LogP contribution is -2.64. The van der Waals surface area contributed by atoms with Crippen molar-refractivity contribution in [1.29, 1.82) is 0 Å². The van der Waals surface area contributed by atoms with Crippen LogP contribution in [0.25, 0.3) is 11.1 Å². The first-order valence-electron chi connectivity index (χ1n) is 43.1. The van der Waals surface area contributed by atoms with E-state index < -0.39 is 228 Å². The number of pyridine rings is 1. The van der Waals surface area contributed by atoms with Gasteiger partial charge < -0.3 is 112 Å². The Balaban J connectivity index is 0.951. The van der Waals surface area contributed by atoms with Gasteiger partial charge in [-0.3, -0.25) is 43.7 Å². The summed E-state index contributed by atoms with van der Waals surface area (Å²) in [5.41, 5.74) is 3.65. The number of hydrogen-bond donors (Lipinski definition) is 17. The lowest BCUT2D eigenvalue weighted by atomic mass is 9.51. The smallest absolute Gasteiger partial charge is 0.325 e. The molecule has 17 rings (SSSR count). The molecule has 7 amide bonds. The van der Waals surface area contributed by atoms with Crippen LogP contribution < -0.4 is 57.2 Å². The molecule has 6 fully saturated rings. The number of phenols is 3. The highest BCUT2D eigenvalue weighted by atomic mass is 35.5. The molecule has 8 heterocycles. The first-order valence-corrected chi connectivity index (χ1v) is 43.8. The number of nitrogens with zero attached hydrogens (tertiary/aromatic N) is 1. The molecule has 1 aromatic heterocycles. The molecule has 7 aliphatic heterocycles. The zero-order valence-electron chi connectivity index (χ0n) is 70.5. The third-order valence-electron chi connectivity index (χ3n) is 25.9. The molecule has 0 unspecified atom stereocenters. The second kappa shape index (κ2) is 38.8. The molecule has 0 radical (unpaired) electrons. The Morgan fingerprint density at radius 2 is 1.37 bits per heavy atom. The summed E-state index contributed by atoms with van der Waals surface area (Å²) in [6.07, 6.45) is -11.5. The quantitative estimate of drug-likeness (QED) is 0.0298. The maximum Gasteiger partial charge on any atom is 0.325 e. The number of amides is 7. The second-order valence-corrected chi connectivity index (χ2v) is 36.4. The molecule has 15 bridgehead atoms. The number of Topliss-reactive ketones (excluding diaryl/α,β-unsaturated/α-hetero) is 3. The van der Waals surface area contributed by atoms with Gasteiger partial charge in [-0.2, -0.15) is 0 Å². The highest BCUT2D eigenvalue weighted by Gasteiger charge is 2.53. The van der Waals surface area contributed by atoms with E-state index >= 15 is 28.8 Å². The van der Waals surface area contributed by atoms with E-state index in [9.17, 15) is 60.3 Å². The number of aromatic hydroxyl groups is 3. The number of ketones is 3. The van der Waals surface area contributed by atoms with Gasteiger partial charge in [0.25, 0.3) is 0 Å². The minimum absolute atomic E-state index is 0.0551. The Hall–Kier alpha value is -10.1. The minimum Gasteiger partial charge on any atom is -0.508 e. The number of anilines is 2. The van der Waals surface area contributed by atoms with E-state index in [2.05, 4.69) is 49.1 Å². The molecule has 6 aromatic rings. The average Bonchev–Trinajstić information content (AvgIpc) is 0.744. The van der Waals surface area contributed by atoms with E-state index in [1.54, 1.807) is 13.0 Å². The maximum atomic E-state index is 16.8. The van der Waals surface area contributed by atoms with Crippen LogP contribution in [0.2, 0.25) is 10.0 Å². The number of nitrogens with two attached hydrogens (primary N) is 1. The van der Waals surface area contributed by atoms with Gasteiger partial charge in [0.15, 0.2) is 41.2 Å². The van der Waals surface area contributed by atoms with Gasteiger partial charge in [-0.05, 0) is 195 Å². The molecule has 126 heavy (non-hydrogen) atoms. The Labute approximate surface area is 736 Å². The van der Waals surface area contributed by atoms with Crippen LogP contribution in [0.5, 0.6) is 46.0 Å². The molecule has 676 valence electrons. The molecule has 2 saturated heterocycles. The summed E-state index contributed by atoms with van der Waals surface area (Å²) in [7, 11) is 0. The molecule has 0 spiro atoms. The molecule has 18 N–H and O–H groups in total. The number of urea groups is 1. The summed E-state index contributed by atoms with van der Waals surface area (Å²) in [5.74, 6) is -15.8. The standard InChI is InChI=1S/C91H109Cl2N9O24/c1-7-9-10-19-95-70-18-14-52(38-96-70)97-90(120)98-71(110)32-51-29-62(107)76(101-85(116)44(8-2)20-40(3)4)78(111)46-12-16-65(58(92)27-46)122-67-30-50-31-68(82(67)126-89-83(81(114)80(113)69(39-103)124-89)125-72-37-91(6,94)84(115)41(5)121-72)123-66-17-13-47(28-59(66)93)79(112)77-88(119)100-75(64(109)35-54-48-22-42-21-43(24-48)25-49(54)23-42)57-33-53(104)34-61(106)73(57)56-26-45(11-15-60(56)105)55(87(118)102-77)36-63(108)74(50)99-86(51)117/h11-18,26-28,30-31,33-34,38,40-44,48-49,51,54-55,69,72,74-81,83-84,89,103-106,111-115H,7-10,19-25,29,32,35-37,39,94H2,1-6H3,(H,95,96)(H,99,117)(H,100,119)(H,101,116)(H,102,118)(H2,97,98,110,120)/t41-,42?,43?,44+,48?,49?,51-,54?,55+,69+,72-,74+,75-,76-,77-,78+,79+,80+,81-,83+,84+,89-,91-/m0/s1. The van der Waals surface area contributed by atoms with Gasteiger partial charge in [-0.25, -0.2) is 9.78 Å². The van der Waals surface area contributed by atoms with E-state index in [-0.39, 0.29) is 104 Å². The molecule has 35 heteroatoms. The molecular formula is C91H109Cl2N9O24. The van der Waals surface area contributed by atoms with Gasteiger partial charge >= 0.3 is 6.03 Å². The van der Waals surface area contributed by atoms with Crippen molar-refractivity contribution in [3.63, 3.8) is 0 Å². The highest BCUT2D eigenvalue weighted by Crippen LogP contribution is 2.59. The number of ether oxygens (including phenoxy) is 6. The van der Waals surface area contributed by atoms with Crippen molar-refractivity contribution < 1.29 is 118 Å². The second-order valence-electron chi connectivity index (χ2n) is 35.6. The van der Waals surface area contributed by atoms with Crippen molar-refractivity contribution in [2.45, 2.75) is 235 Å². The monoisotopic (exact) mass is 1780 g/mol. The fourth-order valence-electron chi connectivity index (χ4n) is 19.5. The van der Waals surface area contributed by atoms with Gasteiger partial charge in [0.2, 0.25) is 41.6 Å². The van der Waals surface area contributed by atoms with Gasteiger partial charge in [-0.15, -0.1) is 0 Å². The molecule has 5 aromatic carbocycles. The number of fused-ring (bicyclic) bond motifs is 15. The zero-order chi connectivity index (χ0) is 90.2. The summed E-state index contributed by atoms with van der Waals surface area (Å²) in [5, 5.41) is 125. The van der Waals surface area contributed by atoms with Gasteiger partial charge in [0, 0.05) is 67.3 Å². The number of carbonyl (C=O) groups excluding carboxylic acids is 9. The zero-order valence-corrected chi connectivity index (χ0v) is 72.0. The third-order valence-corrected chi connectivity index (χ3v) is 26.5. The summed E-state index contributed by atoms with van der Waals surface area (Å²) >= 11 is 14.6. The lowest BCUT2D eigenvalue weighted by Gasteiger charge is -2.54. The van der Waals surface area contributed by atoms with E-state index in [1.807, 2.05) is 13.8 Å². The number of aliphatic hydroxyl groups is 6. The number of aliphatic hydroxyl groups excluding tert-OH is 6. The number of carbonyl (C=O) groups is 9. The van der Waals surface area contributed by atoms with E-state index in [4.69, 9.17) is 57.4 Å². The Kier molecular flexibility index (Phi) is 28.4. The maximum absolute atomic E-state index is 16.8. The van der Waals surface area contributed by atoms with E-state index in [0.29, 0.717) is 30.6 Å². The number of aromatic nitrogens is 1. The SMILES string of the molecule is CCCCCNc1ccc(NC(=O)NC(=O)C[C@@H]2CC(=O)[C@H](NC(=O)[C@H](CC)CC(C)C)[C@H](O)c3ccc(c(Cl)c3)Oc3cc4cc(c3O[C@@H]3O[C@H](CO)[C@@H](O)[C@H](O)[C@H]3O[C@H]3C[C@](C)(N)[C@H](O)[C@H](C)O3)Oc3ccc(cc3Cl)[C@@H](O)[C@@H]3NC(=O)[C@H](CC(=O)[C@@H]4NC2=O)c2ccc(O)c(c2)-c2c(O)cc(O)cc2[C@@H](C(=O)CC2C4CC5CC(C4)CC2C5)NC3=O)cn1. The highest BCUT2D eigenvalue weighted by molar-refractivity contribution is 6.32. The number of hydrogen-bond acceptors (Lipinski definition) is 27. The molecule has 18 atom stereocenters. The first-order chi connectivity index (χ1) is 60.0. The number of nitrogens with one attached hydrogen (secondary N) is 7. The third kappa shape index (κ3) is 20.2. The van der Waals surface area contributed by atoms with Crippen LogP contribution in [0, 0.1) is 47.3 Å². The van der Waals surface area contributed by atoms with Crippen molar-refractivity contribution in [1.82, 2.24) is 31.6 Å². The van der Waals surface area contributed by atoms with Gasteiger partial charge in [-0.1, -0.05) is 81.9 Å². The fourth-order valence-corrected chi connectivity index (χ4v) is 20.0. The topological polar surface area (TPSA) is 514 Å². The normalized spacial score (nSPS) is 30.3. The van der Waals surface area contributed by atoms with Crippen molar-refractivity contribution in [2.24, 2.45) is 53.1 Å². The summed E-state index contributed by atoms with van der Waals surface area (Å²) < 4.78 is 39.3. The Morgan fingerprint density at radius 3 is 1.99 bits per heavy atom. The van der Waals surface area contributed by atoms with E-state index in [1.165, 1.54) is 74.6 Å². The van der Waals surface area contributed by atoms with Crippen molar-refractivity contribution in [2.75, 3.05) is 23.8 Å². The van der Waals surface area contributed by atoms with Crippen molar-refractivity contribution in [3.05, 3.63) is 135 Å². The first kappa shape index (κ1) is 92.1. The minimum atomic E-state index is -2.26. The molecule has 11 aliphatic rings. The molecule has 4 saturated carbocycles. The predicted octanol–water partition coefficient (Wildman–Crippen LogP) is 9.33. The van der Waals surface area contributed by atoms with E-state index in [0.717, 1.165) is 81.7 Å². The number of halogens is 2. The molecule has 4 aliphatic carbocycles. The van der Waals surface area contributed by atoms with Crippen LogP contribution in [-0.2, 0) is 52.6 Å². The largest absolute Gasteiger partial charge is 0.508 e. The van der Waals surface area contributed by atoms with Crippen molar-refractivity contribution in [3.8, 4) is 57.1 Å².